The van der Waals surface area contributed by atoms with Crippen molar-refractivity contribution in [2.75, 3.05) is 13.1 Å². The van der Waals surface area contributed by atoms with Crippen LogP contribution >= 0.6 is 0 Å². The number of hydrogen-bond donors (Lipinski definition) is 2. The molecule has 88 valence electrons. The van der Waals surface area contributed by atoms with Gasteiger partial charge in [0.2, 0.25) is 5.91 Å². The number of carbonyl (C=O) groups is 1. The maximum Gasteiger partial charge on any atom is 0.237 e. The minimum absolute atomic E-state index is 0.00432. The van der Waals surface area contributed by atoms with E-state index in [2.05, 4.69) is 22.1 Å². The highest BCUT2D eigenvalue weighted by Crippen LogP contribution is 2.13. The molecule has 0 aliphatic carbocycles. The largest absolute Gasteiger partial charge is 0.353 e. The molecule has 0 spiro atoms. The Kier molecular flexibility index (Phi) is 3.62. The maximum atomic E-state index is 11.8. The summed E-state index contributed by atoms with van der Waals surface area (Å²) >= 11 is 0. The molecule has 1 saturated heterocycles. The van der Waals surface area contributed by atoms with E-state index in [1.54, 1.807) is 0 Å². The number of nitrogens with zero attached hydrogens (tertiary/aromatic N) is 1. The van der Waals surface area contributed by atoms with Crippen LogP contribution in [0.1, 0.15) is 13.3 Å². The summed E-state index contributed by atoms with van der Waals surface area (Å²) in [6.07, 6.45) is 5.10. The molecule has 2 rings (SSSR count). The minimum Gasteiger partial charge on any atom is -0.353 e. The van der Waals surface area contributed by atoms with Crippen LogP contribution in [0, 0.1) is 5.92 Å². The van der Waals surface area contributed by atoms with Crippen molar-refractivity contribution in [2.24, 2.45) is 5.92 Å². The average molecular weight is 221 g/mol. The molecule has 0 bridgehead atoms. The molecule has 2 atom stereocenters. The molecule has 0 radical (unpaired) electrons. The van der Waals surface area contributed by atoms with Crippen LogP contribution in [-0.2, 0) is 11.3 Å². The van der Waals surface area contributed by atoms with Crippen LogP contribution in [0.5, 0.6) is 0 Å². The molecule has 1 amide bonds. The molecular formula is C12H19N3O. The monoisotopic (exact) mass is 221 g/mol. The van der Waals surface area contributed by atoms with Crippen molar-refractivity contribution < 1.29 is 4.79 Å². The topological polar surface area (TPSA) is 46.1 Å². The van der Waals surface area contributed by atoms with Crippen molar-refractivity contribution in [3.63, 3.8) is 0 Å². The Morgan fingerprint density at radius 1 is 1.50 bits per heavy atom. The van der Waals surface area contributed by atoms with Gasteiger partial charge in [-0.25, -0.2) is 0 Å². The predicted octanol–water partition coefficient (Wildman–Crippen LogP) is 0.602. The van der Waals surface area contributed by atoms with Gasteiger partial charge in [0.1, 0.15) is 0 Å². The van der Waals surface area contributed by atoms with Gasteiger partial charge in [-0.15, -0.1) is 0 Å². The van der Waals surface area contributed by atoms with E-state index in [4.69, 9.17) is 0 Å². The molecule has 4 heteroatoms. The number of amides is 1. The van der Waals surface area contributed by atoms with Crippen LogP contribution in [0.2, 0.25) is 0 Å². The van der Waals surface area contributed by atoms with E-state index in [-0.39, 0.29) is 11.9 Å². The van der Waals surface area contributed by atoms with Gasteiger partial charge in [-0.2, -0.15) is 0 Å². The normalized spacial score (nSPS) is 24.6. The molecule has 1 aliphatic rings. The first-order chi connectivity index (χ1) is 7.77. The first-order valence-electron chi connectivity index (χ1n) is 5.89. The standard InChI is InChI=1S/C12H19N3O/c1-10-4-5-13-11(10)12(16)14-6-9-15-7-2-3-8-15/h2-3,7-8,10-11,13H,4-6,9H2,1H3,(H,14,16). The van der Waals surface area contributed by atoms with Gasteiger partial charge in [0, 0.05) is 25.5 Å². The lowest BCUT2D eigenvalue weighted by molar-refractivity contribution is -0.123. The molecule has 0 saturated carbocycles. The van der Waals surface area contributed by atoms with Gasteiger partial charge in [-0.05, 0) is 31.0 Å². The average Bonchev–Trinajstić information content (AvgIpc) is 2.88. The molecule has 1 aromatic rings. The molecule has 2 heterocycles. The summed E-state index contributed by atoms with van der Waals surface area (Å²) in [4.78, 5) is 11.8. The van der Waals surface area contributed by atoms with Gasteiger partial charge in [-0.1, -0.05) is 6.92 Å². The summed E-state index contributed by atoms with van der Waals surface area (Å²) in [5.74, 6) is 0.587. The lowest BCUT2D eigenvalue weighted by Gasteiger charge is -2.15. The molecule has 16 heavy (non-hydrogen) atoms. The summed E-state index contributed by atoms with van der Waals surface area (Å²) < 4.78 is 2.06. The van der Waals surface area contributed by atoms with Gasteiger partial charge < -0.3 is 15.2 Å². The molecular weight excluding hydrogens is 202 g/mol. The van der Waals surface area contributed by atoms with Gasteiger partial charge in [-0.3, -0.25) is 4.79 Å². The van der Waals surface area contributed by atoms with Crippen molar-refractivity contribution >= 4 is 5.91 Å². The van der Waals surface area contributed by atoms with Gasteiger partial charge in [0.15, 0.2) is 0 Å². The third-order valence-corrected chi connectivity index (χ3v) is 3.15. The van der Waals surface area contributed by atoms with Gasteiger partial charge >= 0.3 is 0 Å². The van der Waals surface area contributed by atoms with Crippen molar-refractivity contribution in [3.05, 3.63) is 24.5 Å². The number of carbonyl (C=O) groups excluding carboxylic acids is 1. The zero-order valence-electron chi connectivity index (χ0n) is 9.65. The van der Waals surface area contributed by atoms with Gasteiger partial charge in [0.05, 0.1) is 6.04 Å². The van der Waals surface area contributed by atoms with Crippen LogP contribution in [0.25, 0.3) is 0 Å². The second kappa shape index (κ2) is 5.16. The van der Waals surface area contributed by atoms with Crippen LogP contribution in [-0.4, -0.2) is 29.6 Å². The van der Waals surface area contributed by atoms with Crippen molar-refractivity contribution in [3.8, 4) is 0 Å². The molecule has 4 nitrogen and oxygen atoms in total. The molecule has 0 aromatic carbocycles. The highest BCUT2D eigenvalue weighted by atomic mass is 16.2. The van der Waals surface area contributed by atoms with Crippen LogP contribution in [0.4, 0.5) is 0 Å². The molecule has 2 N–H and O–H groups in total. The van der Waals surface area contributed by atoms with Crippen molar-refractivity contribution in [1.29, 1.82) is 0 Å². The molecule has 1 aromatic heterocycles. The Hall–Kier alpha value is -1.29. The maximum absolute atomic E-state index is 11.8. The third-order valence-electron chi connectivity index (χ3n) is 3.15. The summed E-state index contributed by atoms with van der Waals surface area (Å²) in [5, 5.41) is 6.20. The van der Waals surface area contributed by atoms with E-state index < -0.39 is 0 Å². The highest BCUT2D eigenvalue weighted by Gasteiger charge is 2.28. The zero-order valence-corrected chi connectivity index (χ0v) is 9.65. The number of hydrogen-bond acceptors (Lipinski definition) is 2. The first kappa shape index (κ1) is 11.2. The number of aromatic nitrogens is 1. The summed E-state index contributed by atoms with van der Waals surface area (Å²) in [5.41, 5.74) is 0. The smallest absolute Gasteiger partial charge is 0.237 e. The fourth-order valence-corrected chi connectivity index (χ4v) is 2.12. The second-order valence-corrected chi connectivity index (χ2v) is 4.41. The first-order valence-corrected chi connectivity index (χ1v) is 5.89. The molecule has 1 fully saturated rings. The van der Waals surface area contributed by atoms with Crippen molar-refractivity contribution in [2.45, 2.75) is 25.9 Å². The molecule has 2 unspecified atom stereocenters. The predicted molar refractivity (Wildman–Crippen MR) is 63.0 cm³/mol. The van der Waals surface area contributed by atoms with E-state index in [0.29, 0.717) is 12.5 Å². The Morgan fingerprint density at radius 2 is 2.25 bits per heavy atom. The Labute approximate surface area is 96.0 Å². The summed E-state index contributed by atoms with van der Waals surface area (Å²) in [6, 6.07) is 3.98. The highest BCUT2D eigenvalue weighted by molar-refractivity contribution is 5.82. The Bertz CT molecular complexity index is 334. The fraction of sp³-hybridized carbons (Fsp3) is 0.583. The molecule has 1 aliphatic heterocycles. The number of rotatable bonds is 4. The fourth-order valence-electron chi connectivity index (χ4n) is 2.12. The van der Waals surface area contributed by atoms with E-state index in [9.17, 15) is 4.79 Å². The Balaban J connectivity index is 1.71. The van der Waals surface area contributed by atoms with Gasteiger partial charge in [0.25, 0.3) is 0 Å². The quantitative estimate of drug-likeness (QED) is 0.782. The van der Waals surface area contributed by atoms with Crippen molar-refractivity contribution in [1.82, 2.24) is 15.2 Å². The van der Waals surface area contributed by atoms with E-state index in [1.165, 1.54) is 0 Å². The minimum atomic E-state index is 0.00432. The van der Waals surface area contributed by atoms with Crippen LogP contribution in [0.15, 0.2) is 24.5 Å². The second-order valence-electron chi connectivity index (χ2n) is 4.41. The lowest BCUT2D eigenvalue weighted by atomic mass is 10.0. The Morgan fingerprint density at radius 3 is 2.88 bits per heavy atom. The van der Waals surface area contributed by atoms with Crippen LogP contribution in [0.3, 0.4) is 0 Å². The third kappa shape index (κ3) is 2.64. The van der Waals surface area contributed by atoms with E-state index in [1.807, 2.05) is 24.5 Å². The van der Waals surface area contributed by atoms with Crippen LogP contribution < -0.4 is 10.6 Å². The summed E-state index contributed by atoms with van der Waals surface area (Å²) in [6.45, 7) is 4.60. The van der Waals surface area contributed by atoms with E-state index in [0.717, 1.165) is 19.5 Å². The van der Waals surface area contributed by atoms with E-state index >= 15 is 0 Å². The zero-order chi connectivity index (χ0) is 11.4. The SMILES string of the molecule is CC1CCNC1C(=O)NCCn1cccc1. The summed E-state index contributed by atoms with van der Waals surface area (Å²) in [7, 11) is 0. The number of nitrogens with one attached hydrogen (secondary N) is 2. The lowest BCUT2D eigenvalue weighted by Crippen LogP contribution is -2.44.